The van der Waals surface area contributed by atoms with Crippen molar-refractivity contribution in [3.05, 3.63) is 76.5 Å². The van der Waals surface area contributed by atoms with Crippen LogP contribution in [0.4, 0.5) is 20.3 Å². The third kappa shape index (κ3) is 4.14. The molecule has 0 saturated heterocycles. The Bertz CT molecular complexity index is 1250. The number of halogens is 2. The van der Waals surface area contributed by atoms with Gasteiger partial charge in [0.05, 0.1) is 35.7 Å². The lowest BCUT2D eigenvalue weighted by Crippen LogP contribution is -2.19. The summed E-state index contributed by atoms with van der Waals surface area (Å²) in [5, 5.41) is 14.4. The van der Waals surface area contributed by atoms with Crippen molar-refractivity contribution in [2.24, 2.45) is 0 Å². The summed E-state index contributed by atoms with van der Waals surface area (Å²) in [6.07, 6.45) is 4.73. The van der Waals surface area contributed by atoms with Crippen LogP contribution in [-0.2, 0) is 4.74 Å². The lowest BCUT2D eigenvalue weighted by molar-refractivity contribution is -0.384. The van der Waals surface area contributed by atoms with E-state index in [4.69, 9.17) is 4.74 Å². The summed E-state index contributed by atoms with van der Waals surface area (Å²) >= 11 is 0. The Hall–Kier alpha value is -4.06. The van der Waals surface area contributed by atoms with Crippen molar-refractivity contribution in [2.75, 3.05) is 19.0 Å². The van der Waals surface area contributed by atoms with Gasteiger partial charge in [-0.05, 0) is 24.3 Å². The molecular formula is C19H15F2N7O3. The number of hydrogen-bond acceptors (Lipinski definition) is 8. The van der Waals surface area contributed by atoms with Gasteiger partial charge in [-0.15, -0.1) is 0 Å². The zero-order chi connectivity index (χ0) is 22.0. The molecule has 1 atom stereocenters. The van der Waals surface area contributed by atoms with E-state index in [1.54, 1.807) is 0 Å². The zero-order valence-electron chi connectivity index (χ0n) is 16.1. The summed E-state index contributed by atoms with van der Waals surface area (Å²) in [6, 6.07) is 4.75. The molecule has 4 heterocycles. The molecule has 1 unspecified atom stereocenters. The molecule has 0 aliphatic carbocycles. The van der Waals surface area contributed by atoms with E-state index in [0.717, 1.165) is 12.4 Å². The Morgan fingerprint density at radius 3 is 2.65 bits per heavy atom. The van der Waals surface area contributed by atoms with Crippen LogP contribution in [0.2, 0.25) is 0 Å². The average Bonchev–Trinajstić information content (AvgIpc) is 3.17. The Morgan fingerprint density at radius 2 is 1.94 bits per heavy atom. The van der Waals surface area contributed by atoms with Crippen LogP contribution in [0.5, 0.6) is 0 Å². The van der Waals surface area contributed by atoms with E-state index >= 15 is 0 Å². The second-order valence-corrected chi connectivity index (χ2v) is 6.46. The molecule has 4 rings (SSSR count). The van der Waals surface area contributed by atoms with Gasteiger partial charge in [-0.1, -0.05) is 0 Å². The largest absolute Gasteiger partial charge is 0.382 e. The molecule has 0 spiro atoms. The van der Waals surface area contributed by atoms with Gasteiger partial charge in [-0.3, -0.25) is 19.5 Å². The Kier molecular flexibility index (Phi) is 5.45. The van der Waals surface area contributed by atoms with Gasteiger partial charge in [-0.25, -0.2) is 23.7 Å². The summed E-state index contributed by atoms with van der Waals surface area (Å²) in [7, 11) is 1.45. The molecular weight excluding hydrogens is 412 g/mol. The van der Waals surface area contributed by atoms with Gasteiger partial charge >= 0.3 is 5.69 Å². The standard InChI is InChI=1S/C19H15F2N7O3/c1-31-10-14(13-4-2-11(20)6-22-13)25-19-16(28(29)30)8-24-18(26-19)15-7-23-17-5-3-12(21)9-27(15)17/h2-9,14H,10H2,1H3,(H,24,25,26). The van der Waals surface area contributed by atoms with Gasteiger partial charge < -0.3 is 10.1 Å². The van der Waals surface area contributed by atoms with Crippen LogP contribution in [0.15, 0.2) is 49.1 Å². The van der Waals surface area contributed by atoms with Crippen LogP contribution >= 0.6 is 0 Å². The summed E-state index contributed by atoms with van der Waals surface area (Å²) in [5.41, 5.74) is 0.817. The number of fused-ring (bicyclic) bond motifs is 1. The van der Waals surface area contributed by atoms with Crippen LogP contribution in [0.1, 0.15) is 11.7 Å². The quantitative estimate of drug-likeness (QED) is 0.353. The summed E-state index contributed by atoms with van der Waals surface area (Å²) < 4.78 is 33.5. The Labute approximate surface area is 173 Å². The van der Waals surface area contributed by atoms with Crippen molar-refractivity contribution in [1.29, 1.82) is 0 Å². The molecule has 31 heavy (non-hydrogen) atoms. The number of hydrogen-bond donors (Lipinski definition) is 1. The van der Waals surface area contributed by atoms with E-state index in [0.29, 0.717) is 17.0 Å². The number of methoxy groups -OCH3 is 1. The summed E-state index contributed by atoms with van der Waals surface area (Å²) in [4.78, 5) is 27.4. The molecule has 0 radical (unpaired) electrons. The molecule has 10 nitrogen and oxygen atoms in total. The van der Waals surface area contributed by atoms with E-state index in [1.165, 1.54) is 48.2 Å². The van der Waals surface area contributed by atoms with Crippen LogP contribution in [0.25, 0.3) is 17.2 Å². The first-order chi connectivity index (χ1) is 15.0. The number of anilines is 1. The van der Waals surface area contributed by atoms with Gasteiger partial charge in [0.2, 0.25) is 5.82 Å². The molecule has 12 heteroatoms. The van der Waals surface area contributed by atoms with Gasteiger partial charge in [0, 0.05) is 13.3 Å². The molecule has 158 valence electrons. The van der Waals surface area contributed by atoms with Gasteiger partial charge in [0.1, 0.15) is 29.2 Å². The second kappa shape index (κ2) is 8.36. The minimum atomic E-state index is -0.660. The van der Waals surface area contributed by atoms with E-state index in [9.17, 15) is 18.9 Å². The van der Waals surface area contributed by atoms with Crippen molar-refractivity contribution in [3.8, 4) is 11.5 Å². The first-order valence-corrected chi connectivity index (χ1v) is 8.97. The third-order valence-corrected chi connectivity index (χ3v) is 4.42. The van der Waals surface area contributed by atoms with Crippen LogP contribution in [0, 0.1) is 21.7 Å². The van der Waals surface area contributed by atoms with Crippen molar-refractivity contribution in [2.45, 2.75) is 6.04 Å². The maximum absolute atomic E-state index is 13.7. The SMILES string of the molecule is COCC(Nc1nc(-c2cnc3ccc(F)cn23)ncc1[N+](=O)[O-])c1ccc(F)cn1. The average molecular weight is 427 g/mol. The van der Waals surface area contributed by atoms with Gasteiger partial charge in [0.25, 0.3) is 0 Å². The van der Waals surface area contributed by atoms with E-state index < -0.39 is 22.6 Å². The highest BCUT2D eigenvalue weighted by molar-refractivity contribution is 5.63. The number of ether oxygens (including phenoxy) is 1. The molecule has 0 fully saturated rings. The fourth-order valence-corrected chi connectivity index (χ4v) is 2.98. The summed E-state index contributed by atoms with van der Waals surface area (Å²) in [6.45, 7) is 0.0793. The highest BCUT2D eigenvalue weighted by Gasteiger charge is 2.23. The smallest absolute Gasteiger partial charge is 0.329 e. The highest BCUT2D eigenvalue weighted by Crippen LogP contribution is 2.28. The van der Waals surface area contributed by atoms with E-state index in [2.05, 4.69) is 25.3 Å². The van der Waals surface area contributed by atoms with Gasteiger partial charge in [0.15, 0.2) is 5.82 Å². The highest BCUT2D eigenvalue weighted by atomic mass is 19.1. The second-order valence-electron chi connectivity index (χ2n) is 6.46. The van der Waals surface area contributed by atoms with Crippen molar-refractivity contribution < 1.29 is 18.4 Å². The van der Waals surface area contributed by atoms with E-state index in [1.807, 2.05) is 0 Å². The number of nitro groups is 1. The minimum absolute atomic E-state index is 0.0793. The molecule has 4 aromatic rings. The normalized spacial score (nSPS) is 12.1. The first kappa shape index (κ1) is 20.2. The molecule has 0 amide bonds. The monoisotopic (exact) mass is 427 g/mol. The third-order valence-electron chi connectivity index (χ3n) is 4.42. The van der Waals surface area contributed by atoms with Crippen molar-refractivity contribution in [1.82, 2.24) is 24.3 Å². The minimum Gasteiger partial charge on any atom is -0.382 e. The Balaban J connectivity index is 1.77. The predicted octanol–water partition coefficient (Wildman–Crippen LogP) is 3.17. The lowest BCUT2D eigenvalue weighted by atomic mass is 10.2. The molecule has 0 aromatic carbocycles. The van der Waals surface area contributed by atoms with Gasteiger partial charge in [-0.2, -0.15) is 0 Å². The number of nitrogens with zero attached hydrogens (tertiary/aromatic N) is 6. The fraction of sp³-hybridized carbons (Fsp3) is 0.158. The molecule has 0 aliphatic rings. The molecule has 0 aliphatic heterocycles. The maximum Gasteiger partial charge on any atom is 0.329 e. The molecule has 1 N–H and O–H groups in total. The number of rotatable bonds is 7. The number of nitrogens with one attached hydrogen (secondary N) is 1. The maximum atomic E-state index is 13.7. The zero-order valence-corrected chi connectivity index (χ0v) is 16.1. The first-order valence-electron chi connectivity index (χ1n) is 8.97. The van der Waals surface area contributed by atoms with Crippen LogP contribution in [0.3, 0.4) is 0 Å². The number of pyridine rings is 2. The van der Waals surface area contributed by atoms with Crippen molar-refractivity contribution >= 4 is 17.2 Å². The lowest BCUT2D eigenvalue weighted by Gasteiger charge is -2.18. The van der Waals surface area contributed by atoms with Crippen molar-refractivity contribution in [3.63, 3.8) is 0 Å². The van der Waals surface area contributed by atoms with E-state index in [-0.39, 0.29) is 23.9 Å². The fourth-order valence-electron chi connectivity index (χ4n) is 2.98. The Morgan fingerprint density at radius 1 is 1.13 bits per heavy atom. The molecule has 4 aromatic heterocycles. The topological polar surface area (TPSA) is 120 Å². The number of imidazole rings is 1. The number of aromatic nitrogens is 5. The molecule has 0 saturated carbocycles. The van der Waals surface area contributed by atoms with Crippen LogP contribution in [-0.4, -0.2) is 43.0 Å². The molecule has 0 bridgehead atoms. The summed E-state index contributed by atoms with van der Waals surface area (Å²) in [5.74, 6) is -1.02. The predicted molar refractivity (Wildman–Crippen MR) is 105 cm³/mol. The van der Waals surface area contributed by atoms with Crippen LogP contribution < -0.4 is 5.32 Å².